The van der Waals surface area contributed by atoms with Crippen LogP contribution in [0.25, 0.3) is 9.88 Å². The number of hydrogen-bond acceptors (Lipinski definition) is 4. The van der Waals surface area contributed by atoms with Gasteiger partial charge in [-0.25, -0.2) is 4.98 Å². The van der Waals surface area contributed by atoms with Crippen LogP contribution in [0.5, 0.6) is 0 Å². The lowest BCUT2D eigenvalue weighted by atomic mass is 10.4. The van der Waals surface area contributed by atoms with E-state index in [2.05, 4.69) is 4.98 Å². The maximum Gasteiger partial charge on any atom is 0.135 e. The molecule has 0 spiro atoms. The van der Waals surface area contributed by atoms with Crippen molar-refractivity contribution < 1.29 is 0 Å². The topological polar surface area (TPSA) is 38.9 Å². The number of thiophene rings is 1. The molecule has 2 heterocycles. The third-order valence-corrected chi connectivity index (χ3v) is 3.55. The lowest BCUT2D eigenvalue weighted by Crippen LogP contribution is -1.82. The molecule has 0 unspecified atom stereocenters. The number of nitrogens with two attached hydrogens (primary N) is 1. The molecule has 0 amide bonds. The van der Waals surface area contributed by atoms with Crippen LogP contribution in [0.1, 0.15) is 5.69 Å². The Morgan fingerprint density at radius 1 is 1.42 bits per heavy atom. The van der Waals surface area contributed by atoms with Crippen LogP contribution in [-0.2, 0) is 0 Å². The summed E-state index contributed by atoms with van der Waals surface area (Å²) in [6, 6.07) is 1.91. The number of thiazole rings is 1. The predicted octanol–water partition coefficient (Wildman–Crippen LogP) is 2.76. The number of anilines is 1. The fraction of sp³-hybridized carbons (Fsp3) is 0.125. The summed E-state index contributed by atoms with van der Waals surface area (Å²) in [4.78, 5) is 5.45. The molecule has 0 fully saturated rings. The molecule has 2 aromatic heterocycles. The largest absolute Gasteiger partial charge is 0.397 e. The number of rotatable bonds is 1. The van der Waals surface area contributed by atoms with Gasteiger partial charge in [0.2, 0.25) is 0 Å². The molecule has 0 aromatic carbocycles. The smallest absolute Gasteiger partial charge is 0.135 e. The molecule has 0 saturated heterocycles. The molecule has 0 saturated carbocycles. The summed E-state index contributed by atoms with van der Waals surface area (Å²) in [6.07, 6.45) is 0. The Hall–Kier alpha value is -0.870. The first-order valence-corrected chi connectivity index (χ1v) is 5.29. The summed E-state index contributed by atoms with van der Waals surface area (Å²) in [7, 11) is 0. The highest BCUT2D eigenvalue weighted by Crippen LogP contribution is 2.33. The summed E-state index contributed by atoms with van der Waals surface area (Å²) < 4.78 is 0. The van der Waals surface area contributed by atoms with Gasteiger partial charge in [-0.2, -0.15) is 0 Å². The van der Waals surface area contributed by atoms with Gasteiger partial charge in [0.25, 0.3) is 0 Å². The number of aryl methyl sites for hydroxylation is 1. The van der Waals surface area contributed by atoms with E-state index in [0.717, 1.165) is 21.3 Å². The molecular formula is C8H8N2S2. The summed E-state index contributed by atoms with van der Waals surface area (Å²) in [6.45, 7) is 1.99. The minimum absolute atomic E-state index is 0.828. The molecule has 0 aliphatic heterocycles. The molecule has 2 nitrogen and oxygen atoms in total. The Morgan fingerprint density at radius 2 is 2.25 bits per heavy atom. The van der Waals surface area contributed by atoms with Crippen LogP contribution in [0.15, 0.2) is 16.8 Å². The first-order valence-electron chi connectivity index (χ1n) is 3.53. The van der Waals surface area contributed by atoms with Crippen molar-refractivity contribution in [2.45, 2.75) is 6.92 Å². The van der Waals surface area contributed by atoms with Gasteiger partial charge in [-0.05, 0) is 18.4 Å². The van der Waals surface area contributed by atoms with Gasteiger partial charge >= 0.3 is 0 Å². The Kier molecular flexibility index (Phi) is 1.86. The number of aromatic nitrogens is 1. The van der Waals surface area contributed by atoms with E-state index in [4.69, 9.17) is 5.73 Å². The van der Waals surface area contributed by atoms with E-state index in [-0.39, 0.29) is 0 Å². The van der Waals surface area contributed by atoms with Crippen LogP contribution in [0.3, 0.4) is 0 Å². The van der Waals surface area contributed by atoms with Crippen molar-refractivity contribution in [2.24, 2.45) is 0 Å². The Bertz CT molecular complexity index is 389. The first kappa shape index (κ1) is 7.76. The molecule has 0 atom stereocenters. The SMILES string of the molecule is Cc1csc(-c2sccc2N)n1. The minimum Gasteiger partial charge on any atom is -0.397 e. The van der Waals surface area contributed by atoms with Crippen LogP contribution in [0.4, 0.5) is 5.69 Å². The Balaban J connectivity index is 2.50. The third kappa shape index (κ3) is 1.23. The highest BCUT2D eigenvalue weighted by molar-refractivity contribution is 7.20. The Labute approximate surface area is 78.7 Å². The molecular weight excluding hydrogens is 188 g/mol. The van der Waals surface area contributed by atoms with E-state index in [1.54, 1.807) is 22.7 Å². The molecule has 62 valence electrons. The zero-order valence-electron chi connectivity index (χ0n) is 6.57. The van der Waals surface area contributed by atoms with Gasteiger partial charge in [0.05, 0.1) is 10.6 Å². The summed E-state index contributed by atoms with van der Waals surface area (Å²) in [5.41, 5.74) is 7.65. The van der Waals surface area contributed by atoms with Crippen LogP contribution in [0.2, 0.25) is 0 Å². The highest BCUT2D eigenvalue weighted by Gasteiger charge is 2.06. The molecule has 0 radical (unpaired) electrons. The fourth-order valence-electron chi connectivity index (χ4n) is 0.951. The van der Waals surface area contributed by atoms with Crippen molar-refractivity contribution in [3.63, 3.8) is 0 Å². The van der Waals surface area contributed by atoms with E-state index in [0.29, 0.717) is 0 Å². The fourth-order valence-corrected chi connectivity index (χ4v) is 2.70. The second-order valence-electron chi connectivity index (χ2n) is 2.50. The Morgan fingerprint density at radius 3 is 2.75 bits per heavy atom. The predicted molar refractivity (Wildman–Crippen MR) is 54.6 cm³/mol. The number of hydrogen-bond donors (Lipinski definition) is 1. The van der Waals surface area contributed by atoms with Gasteiger partial charge in [0, 0.05) is 11.1 Å². The molecule has 0 bridgehead atoms. The van der Waals surface area contributed by atoms with E-state index in [9.17, 15) is 0 Å². The average Bonchev–Trinajstić information content (AvgIpc) is 2.58. The molecule has 4 heteroatoms. The second kappa shape index (κ2) is 2.88. The summed E-state index contributed by atoms with van der Waals surface area (Å²) in [5.74, 6) is 0. The zero-order chi connectivity index (χ0) is 8.55. The van der Waals surface area contributed by atoms with Crippen LogP contribution >= 0.6 is 22.7 Å². The molecule has 0 aliphatic rings. The van der Waals surface area contributed by atoms with Gasteiger partial charge in [-0.1, -0.05) is 0 Å². The maximum absolute atomic E-state index is 5.76. The van der Waals surface area contributed by atoms with Gasteiger partial charge in [-0.3, -0.25) is 0 Å². The van der Waals surface area contributed by atoms with E-state index in [1.165, 1.54) is 0 Å². The third-order valence-electron chi connectivity index (χ3n) is 1.51. The van der Waals surface area contributed by atoms with Crippen LogP contribution in [-0.4, -0.2) is 4.98 Å². The van der Waals surface area contributed by atoms with Crippen molar-refractivity contribution in [1.29, 1.82) is 0 Å². The minimum atomic E-state index is 0.828. The maximum atomic E-state index is 5.76. The molecule has 2 rings (SSSR count). The summed E-state index contributed by atoms with van der Waals surface area (Å²) >= 11 is 3.28. The normalized spacial score (nSPS) is 10.4. The quantitative estimate of drug-likeness (QED) is 0.761. The van der Waals surface area contributed by atoms with Crippen LogP contribution < -0.4 is 5.73 Å². The number of nitrogen functional groups attached to an aromatic ring is 1. The van der Waals surface area contributed by atoms with Crippen molar-refractivity contribution in [1.82, 2.24) is 4.98 Å². The van der Waals surface area contributed by atoms with E-state index < -0.39 is 0 Å². The van der Waals surface area contributed by atoms with E-state index in [1.807, 2.05) is 23.8 Å². The standard InChI is InChI=1S/C8H8N2S2/c1-5-4-12-8(10-5)7-6(9)2-3-11-7/h2-4H,9H2,1H3. The zero-order valence-corrected chi connectivity index (χ0v) is 8.21. The lowest BCUT2D eigenvalue weighted by Gasteiger charge is -1.91. The summed E-state index contributed by atoms with van der Waals surface area (Å²) in [5, 5.41) is 5.05. The molecule has 12 heavy (non-hydrogen) atoms. The van der Waals surface area contributed by atoms with Crippen molar-refractivity contribution in [3.05, 3.63) is 22.5 Å². The number of nitrogens with zero attached hydrogens (tertiary/aromatic N) is 1. The highest BCUT2D eigenvalue weighted by atomic mass is 32.1. The van der Waals surface area contributed by atoms with Crippen molar-refractivity contribution in [2.75, 3.05) is 5.73 Å². The lowest BCUT2D eigenvalue weighted by molar-refractivity contribution is 1.27. The molecule has 0 aliphatic carbocycles. The monoisotopic (exact) mass is 196 g/mol. The molecule has 2 N–H and O–H groups in total. The van der Waals surface area contributed by atoms with Crippen molar-refractivity contribution in [3.8, 4) is 9.88 Å². The van der Waals surface area contributed by atoms with Crippen LogP contribution in [0, 0.1) is 6.92 Å². The average molecular weight is 196 g/mol. The van der Waals surface area contributed by atoms with Crippen molar-refractivity contribution >= 4 is 28.4 Å². The first-order chi connectivity index (χ1) is 5.77. The van der Waals surface area contributed by atoms with Gasteiger partial charge in [0.15, 0.2) is 0 Å². The van der Waals surface area contributed by atoms with Gasteiger partial charge in [-0.15, -0.1) is 22.7 Å². The van der Waals surface area contributed by atoms with Gasteiger partial charge in [0.1, 0.15) is 5.01 Å². The second-order valence-corrected chi connectivity index (χ2v) is 4.27. The van der Waals surface area contributed by atoms with E-state index >= 15 is 0 Å². The molecule has 2 aromatic rings. The van der Waals surface area contributed by atoms with Gasteiger partial charge < -0.3 is 5.73 Å².